The van der Waals surface area contributed by atoms with E-state index in [0.29, 0.717) is 0 Å². The van der Waals surface area contributed by atoms with E-state index in [9.17, 15) is 0 Å². The van der Waals surface area contributed by atoms with Crippen molar-refractivity contribution in [3.63, 3.8) is 0 Å². The van der Waals surface area contributed by atoms with E-state index in [1.165, 1.54) is 5.56 Å². The molecule has 0 aliphatic rings. The van der Waals surface area contributed by atoms with Gasteiger partial charge in [0.1, 0.15) is 0 Å². The number of hydrogen-bond acceptors (Lipinski definition) is 4. The average Bonchev–Trinajstić information content (AvgIpc) is 2.94. The molecule has 0 saturated heterocycles. The lowest BCUT2D eigenvalue weighted by Gasteiger charge is -2.05. The summed E-state index contributed by atoms with van der Waals surface area (Å²) in [5.74, 6) is 0.771. The van der Waals surface area contributed by atoms with Gasteiger partial charge in [-0.1, -0.05) is 47.6 Å². The highest BCUT2D eigenvalue weighted by atomic mass is 35.5. The first-order valence-electron chi connectivity index (χ1n) is 6.45. The predicted molar refractivity (Wildman–Crippen MR) is 84.9 cm³/mol. The molecule has 106 valence electrons. The molecule has 1 aromatic heterocycles. The van der Waals surface area contributed by atoms with Gasteiger partial charge in [0.15, 0.2) is 0 Å². The number of nitrogens with zero attached hydrogens (tertiary/aromatic N) is 4. The Balaban J connectivity index is 1.80. The SMILES string of the molecule is Cc1cccc(-n2nnnc2SCc2cccc(Cl)c2)c1. The van der Waals surface area contributed by atoms with Gasteiger partial charge in [0.05, 0.1) is 5.69 Å². The summed E-state index contributed by atoms with van der Waals surface area (Å²) in [5, 5.41) is 13.4. The van der Waals surface area contributed by atoms with E-state index in [0.717, 1.165) is 27.2 Å². The Morgan fingerprint density at radius 1 is 1.14 bits per heavy atom. The number of aryl methyl sites for hydroxylation is 1. The summed E-state index contributed by atoms with van der Waals surface area (Å²) in [4.78, 5) is 0. The Morgan fingerprint density at radius 2 is 2.00 bits per heavy atom. The summed E-state index contributed by atoms with van der Waals surface area (Å²) >= 11 is 7.58. The first-order valence-corrected chi connectivity index (χ1v) is 7.81. The van der Waals surface area contributed by atoms with E-state index < -0.39 is 0 Å². The smallest absolute Gasteiger partial charge is 0.187 e. The molecule has 0 N–H and O–H groups in total. The lowest BCUT2D eigenvalue weighted by atomic mass is 10.2. The van der Waals surface area contributed by atoms with Crippen LogP contribution in [0.1, 0.15) is 11.1 Å². The Hall–Kier alpha value is -1.85. The monoisotopic (exact) mass is 316 g/mol. The van der Waals surface area contributed by atoms with Gasteiger partial charge in [-0.05, 0) is 52.7 Å². The summed E-state index contributed by atoms with van der Waals surface area (Å²) in [6, 6.07) is 15.9. The Bertz CT molecular complexity index is 757. The first-order chi connectivity index (χ1) is 10.2. The Labute approximate surface area is 132 Å². The van der Waals surface area contributed by atoms with E-state index >= 15 is 0 Å². The highest BCUT2D eigenvalue weighted by Gasteiger charge is 2.09. The van der Waals surface area contributed by atoms with Crippen LogP contribution in [0.2, 0.25) is 5.02 Å². The highest BCUT2D eigenvalue weighted by Crippen LogP contribution is 2.24. The van der Waals surface area contributed by atoms with Crippen molar-refractivity contribution in [1.82, 2.24) is 20.2 Å². The highest BCUT2D eigenvalue weighted by molar-refractivity contribution is 7.98. The maximum atomic E-state index is 6.00. The van der Waals surface area contributed by atoms with Gasteiger partial charge in [-0.2, -0.15) is 4.68 Å². The summed E-state index contributed by atoms with van der Waals surface area (Å²) < 4.78 is 1.75. The molecule has 21 heavy (non-hydrogen) atoms. The second-order valence-corrected chi connectivity index (χ2v) is 6.01. The maximum absolute atomic E-state index is 6.00. The number of aromatic nitrogens is 4. The average molecular weight is 317 g/mol. The van der Waals surface area contributed by atoms with Crippen molar-refractivity contribution in [3.8, 4) is 5.69 Å². The number of hydrogen-bond donors (Lipinski definition) is 0. The minimum atomic E-state index is 0.742. The molecule has 1 heterocycles. The van der Waals surface area contributed by atoms with Crippen molar-refractivity contribution in [2.75, 3.05) is 0 Å². The van der Waals surface area contributed by atoms with Gasteiger partial charge in [-0.3, -0.25) is 0 Å². The summed E-state index contributed by atoms with van der Waals surface area (Å²) in [6.07, 6.45) is 0. The third kappa shape index (κ3) is 3.43. The van der Waals surface area contributed by atoms with Crippen molar-refractivity contribution in [1.29, 1.82) is 0 Å². The fourth-order valence-corrected chi connectivity index (χ4v) is 3.01. The molecule has 0 spiro atoms. The van der Waals surface area contributed by atoms with Crippen LogP contribution in [0.25, 0.3) is 5.69 Å². The fraction of sp³-hybridized carbons (Fsp3) is 0.133. The fourth-order valence-electron chi connectivity index (χ4n) is 1.97. The summed E-state index contributed by atoms with van der Waals surface area (Å²) in [6.45, 7) is 2.05. The first kappa shape index (κ1) is 14.1. The summed E-state index contributed by atoms with van der Waals surface area (Å²) in [7, 11) is 0. The predicted octanol–water partition coefficient (Wildman–Crippen LogP) is 3.92. The van der Waals surface area contributed by atoms with Crippen LogP contribution in [0, 0.1) is 6.92 Å². The Morgan fingerprint density at radius 3 is 2.81 bits per heavy atom. The van der Waals surface area contributed by atoms with E-state index in [2.05, 4.69) is 21.6 Å². The normalized spacial score (nSPS) is 10.8. The third-order valence-corrected chi connectivity index (χ3v) is 4.17. The van der Waals surface area contributed by atoms with E-state index in [1.807, 2.05) is 49.4 Å². The van der Waals surface area contributed by atoms with Crippen molar-refractivity contribution in [3.05, 3.63) is 64.7 Å². The van der Waals surface area contributed by atoms with Crippen molar-refractivity contribution >= 4 is 23.4 Å². The maximum Gasteiger partial charge on any atom is 0.214 e. The molecule has 0 aliphatic heterocycles. The molecule has 0 aliphatic carbocycles. The molecule has 6 heteroatoms. The minimum Gasteiger partial charge on any atom is -0.187 e. The zero-order valence-electron chi connectivity index (χ0n) is 11.4. The van der Waals surface area contributed by atoms with E-state index in [4.69, 9.17) is 11.6 Å². The van der Waals surface area contributed by atoms with Gasteiger partial charge < -0.3 is 0 Å². The number of thioether (sulfide) groups is 1. The minimum absolute atomic E-state index is 0.742. The largest absolute Gasteiger partial charge is 0.214 e. The number of rotatable bonds is 4. The molecular formula is C15H13ClN4S. The quantitative estimate of drug-likeness (QED) is 0.684. The van der Waals surface area contributed by atoms with Crippen LogP contribution >= 0.6 is 23.4 Å². The zero-order chi connectivity index (χ0) is 14.7. The van der Waals surface area contributed by atoms with Gasteiger partial charge in [0, 0.05) is 10.8 Å². The molecule has 0 bridgehead atoms. The van der Waals surface area contributed by atoms with Crippen molar-refractivity contribution in [2.45, 2.75) is 17.8 Å². The molecule has 0 atom stereocenters. The van der Waals surface area contributed by atoms with Crippen LogP contribution < -0.4 is 0 Å². The molecule has 0 saturated carbocycles. The van der Waals surface area contributed by atoms with Gasteiger partial charge in [-0.15, -0.1) is 5.10 Å². The second-order valence-electron chi connectivity index (χ2n) is 4.63. The second kappa shape index (κ2) is 6.28. The molecule has 0 fully saturated rings. The molecule has 3 aromatic rings. The van der Waals surface area contributed by atoms with Gasteiger partial charge in [0.2, 0.25) is 5.16 Å². The lowest BCUT2D eigenvalue weighted by Crippen LogP contribution is -1.99. The van der Waals surface area contributed by atoms with Crippen LogP contribution in [0.15, 0.2) is 53.7 Å². The van der Waals surface area contributed by atoms with Gasteiger partial charge >= 0.3 is 0 Å². The van der Waals surface area contributed by atoms with Gasteiger partial charge in [-0.25, -0.2) is 0 Å². The van der Waals surface area contributed by atoms with Crippen LogP contribution in [-0.4, -0.2) is 20.2 Å². The standard InChI is InChI=1S/C15H13ClN4S/c1-11-4-2-7-14(8-11)20-15(17-18-19-20)21-10-12-5-3-6-13(16)9-12/h2-9H,10H2,1H3. The zero-order valence-corrected chi connectivity index (χ0v) is 13.0. The number of benzene rings is 2. The van der Waals surface area contributed by atoms with Crippen LogP contribution in [0.4, 0.5) is 0 Å². The Kier molecular flexibility index (Phi) is 4.22. The van der Waals surface area contributed by atoms with Crippen molar-refractivity contribution in [2.24, 2.45) is 0 Å². The molecule has 4 nitrogen and oxygen atoms in total. The number of halogens is 1. The van der Waals surface area contributed by atoms with E-state index in [-0.39, 0.29) is 0 Å². The van der Waals surface area contributed by atoms with Crippen LogP contribution in [-0.2, 0) is 5.75 Å². The van der Waals surface area contributed by atoms with E-state index in [1.54, 1.807) is 16.4 Å². The molecular weight excluding hydrogens is 304 g/mol. The van der Waals surface area contributed by atoms with Crippen molar-refractivity contribution < 1.29 is 0 Å². The van der Waals surface area contributed by atoms with Crippen LogP contribution in [0.3, 0.4) is 0 Å². The third-order valence-electron chi connectivity index (χ3n) is 2.94. The van der Waals surface area contributed by atoms with Gasteiger partial charge in [0.25, 0.3) is 0 Å². The molecule has 0 amide bonds. The lowest BCUT2D eigenvalue weighted by molar-refractivity contribution is 0.755. The summed E-state index contributed by atoms with van der Waals surface area (Å²) in [5.41, 5.74) is 3.29. The number of tetrazole rings is 1. The molecule has 0 radical (unpaired) electrons. The topological polar surface area (TPSA) is 43.6 Å². The van der Waals surface area contributed by atoms with Crippen LogP contribution in [0.5, 0.6) is 0 Å². The molecule has 3 rings (SSSR count). The molecule has 2 aromatic carbocycles. The molecule has 0 unspecified atom stereocenters.